The molecule has 1 amide bonds. The van der Waals surface area contributed by atoms with Gasteiger partial charge in [0.25, 0.3) is 0 Å². The molecule has 0 aliphatic heterocycles. The summed E-state index contributed by atoms with van der Waals surface area (Å²) < 4.78 is 0. The third-order valence-electron chi connectivity index (χ3n) is 3.36. The van der Waals surface area contributed by atoms with E-state index in [1.807, 2.05) is 0 Å². The molecule has 0 bridgehead atoms. The van der Waals surface area contributed by atoms with Crippen molar-refractivity contribution in [2.75, 3.05) is 26.3 Å². The Hall–Kier alpha value is -1.12. The number of hydrogen-bond donors (Lipinski definition) is 2. The van der Waals surface area contributed by atoms with E-state index >= 15 is 0 Å². The van der Waals surface area contributed by atoms with E-state index in [1.54, 1.807) is 0 Å². The van der Waals surface area contributed by atoms with E-state index < -0.39 is 5.41 Å². The van der Waals surface area contributed by atoms with Crippen molar-refractivity contribution in [3.8, 4) is 6.07 Å². The minimum atomic E-state index is -0.928. The summed E-state index contributed by atoms with van der Waals surface area (Å²) in [6.45, 7) is 0.0755. The van der Waals surface area contributed by atoms with Crippen LogP contribution in [-0.4, -0.2) is 47.3 Å². The second-order valence-corrected chi connectivity index (χ2v) is 4.49. The Morgan fingerprint density at radius 2 is 1.71 bits per heavy atom. The van der Waals surface area contributed by atoms with Crippen molar-refractivity contribution in [1.29, 1.82) is 5.26 Å². The SMILES string of the molecule is N#CC1(C(=O)N(CCO)CCO)CCCCC1. The van der Waals surface area contributed by atoms with Gasteiger partial charge in [0.05, 0.1) is 19.3 Å². The molecule has 5 heteroatoms. The summed E-state index contributed by atoms with van der Waals surface area (Å²) in [6, 6.07) is 2.16. The molecule has 5 nitrogen and oxygen atoms in total. The Balaban J connectivity index is 2.78. The first-order chi connectivity index (χ1) is 8.20. The number of carbonyl (C=O) groups is 1. The Morgan fingerprint density at radius 3 is 2.12 bits per heavy atom. The third-order valence-corrected chi connectivity index (χ3v) is 3.36. The molecule has 0 radical (unpaired) electrons. The highest BCUT2D eigenvalue weighted by molar-refractivity contribution is 5.85. The fourth-order valence-corrected chi connectivity index (χ4v) is 2.39. The Morgan fingerprint density at radius 1 is 1.18 bits per heavy atom. The topological polar surface area (TPSA) is 84.6 Å². The van der Waals surface area contributed by atoms with E-state index in [0.29, 0.717) is 12.8 Å². The molecule has 17 heavy (non-hydrogen) atoms. The first-order valence-corrected chi connectivity index (χ1v) is 6.12. The molecule has 2 N–H and O–H groups in total. The first kappa shape index (κ1) is 13.9. The summed E-state index contributed by atoms with van der Waals surface area (Å²) >= 11 is 0. The molecular weight excluding hydrogens is 220 g/mol. The fraction of sp³-hybridized carbons (Fsp3) is 0.833. The molecule has 0 unspecified atom stereocenters. The summed E-state index contributed by atoms with van der Waals surface area (Å²) in [5, 5.41) is 27.1. The van der Waals surface area contributed by atoms with Gasteiger partial charge in [0.15, 0.2) is 0 Å². The predicted molar refractivity (Wildman–Crippen MR) is 61.9 cm³/mol. The van der Waals surface area contributed by atoms with Gasteiger partial charge in [-0.25, -0.2) is 0 Å². The molecule has 0 heterocycles. The molecule has 0 aromatic rings. The number of amides is 1. The molecule has 1 fully saturated rings. The van der Waals surface area contributed by atoms with Gasteiger partial charge < -0.3 is 15.1 Å². The Bertz CT molecular complexity index is 287. The number of nitriles is 1. The lowest BCUT2D eigenvalue weighted by Gasteiger charge is -2.34. The average molecular weight is 240 g/mol. The molecular formula is C12H20N2O3. The maximum absolute atomic E-state index is 12.3. The lowest BCUT2D eigenvalue weighted by molar-refractivity contribution is -0.141. The highest BCUT2D eigenvalue weighted by atomic mass is 16.3. The summed E-state index contributed by atoms with van der Waals surface area (Å²) in [4.78, 5) is 13.7. The van der Waals surface area contributed by atoms with Crippen LogP contribution in [0.5, 0.6) is 0 Å². The lowest BCUT2D eigenvalue weighted by atomic mass is 9.74. The first-order valence-electron chi connectivity index (χ1n) is 6.12. The van der Waals surface area contributed by atoms with Gasteiger partial charge >= 0.3 is 0 Å². The normalized spacial score (nSPS) is 18.4. The monoisotopic (exact) mass is 240 g/mol. The molecule has 1 aliphatic rings. The number of hydrogen-bond acceptors (Lipinski definition) is 4. The van der Waals surface area contributed by atoms with Crippen molar-refractivity contribution in [2.24, 2.45) is 5.41 Å². The van der Waals surface area contributed by atoms with E-state index in [2.05, 4.69) is 6.07 Å². The van der Waals surface area contributed by atoms with Gasteiger partial charge in [-0.3, -0.25) is 4.79 Å². The molecule has 0 spiro atoms. The van der Waals surface area contributed by atoms with Crippen molar-refractivity contribution in [3.05, 3.63) is 0 Å². The minimum absolute atomic E-state index is 0.146. The van der Waals surface area contributed by atoms with Crippen molar-refractivity contribution in [3.63, 3.8) is 0 Å². The zero-order valence-electron chi connectivity index (χ0n) is 10.1. The molecule has 1 saturated carbocycles. The van der Waals surface area contributed by atoms with Gasteiger partial charge in [-0.15, -0.1) is 0 Å². The number of carbonyl (C=O) groups excluding carboxylic acids is 1. The molecule has 1 rings (SSSR count). The van der Waals surface area contributed by atoms with Gasteiger partial charge in [0, 0.05) is 13.1 Å². The van der Waals surface area contributed by atoms with Gasteiger partial charge in [-0.2, -0.15) is 5.26 Å². The molecule has 0 aromatic carbocycles. The van der Waals surface area contributed by atoms with Gasteiger partial charge in [-0.05, 0) is 12.8 Å². The van der Waals surface area contributed by atoms with Gasteiger partial charge in [-0.1, -0.05) is 19.3 Å². The summed E-state index contributed by atoms with van der Waals surface area (Å²) in [5.41, 5.74) is -0.928. The lowest BCUT2D eigenvalue weighted by Crippen LogP contribution is -2.46. The average Bonchev–Trinajstić information content (AvgIpc) is 2.38. The van der Waals surface area contributed by atoms with Crippen LogP contribution in [0.1, 0.15) is 32.1 Å². The van der Waals surface area contributed by atoms with Crippen LogP contribution >= 0.6 is 0 Å². The van der Waals surface area contributed by atoms with Crippen LogP contribution in [0.15, 0.2) is 0 Å². The maximum Gasteiger partial charge on any atom is 0.243 e. The maximum atomic E-state index is 12.3. The molecule has 1 aliphatic carbocycles. The van der Waals surface area contributed by atoms with Crippen LogP contribution in [0.2, 0.25) is 0 Å². The van der Waals surface area contributed by atoms with Crippen LogP contribution in [0.3, 0.4) is 0 Å². The zero-order valence-corrected chi connectivity index (χ0v) is 10.1. The fourth-order valence-electron chi connectivity index (χ4n) is 2.39. The highest BCUT2D eigenvalue weighted by Crippen LogP contribution is 2.37. The highest BCUT2D eigenvalue weighted by Gasteiger charge is 2.42. The van der Waals surface area contributed by atoms with E-state index in [1.165, 1.54) is 4.90 Å². The number of nitrogens with zero attached hydrogens (tertiary/aromatic N) is 2. The van der Waals surface area contributed by atoms with E-state index in [-0.39, 0.29) is 32.2 Å². The Labute approximate surface area is 102 Å². The van der Waals surface area contributed by atoms with Crippen molar-refractivity contribution in [2.45, 2.75) is 32.1 Å². The molecule has 0 aromatic heterocycles. The summed E-state index contributed by atoms with van der Waals surface area (Å²) in [6.07, 6.45) is 4.04. The number of aliphatic hydroxyl groups excluding tert-OH is 2. The smallest absolute Gasteiger partial charge is 0.243 e. The largest absolute Gasteiger partial charge is 0.395 e. The predicted octanol–water partition coefficient (Wildman–Crippen LogP) is 0.274. The van der Waals surface area contributed by atoms with Crippen LogP contribution in [-0.2, 0) is 4.79 Å². The Kier molecular flexibility index (Phi) is 5.39. The summed E-state index contributed by atoms with van der Waals surface area (Å²) in [7, 11) is 0. The summed E-state index contributed by atoms with van der Waals surface area (Å²) in [5.74, 6) is -0.234. The van der Waals surface area contributed by atoms with E-state index in [9.17, 15) is 10.1 Å². The third kappa shape index (κ3) is 3.18. The zero-order chi connectivity index (χ0) is 12.7. The second-order valence-electron chi connectivity index (χ2n) is 4.49. The van der Waals surface area contributed by atoms with Crippen LogP contribution in [0, 0.1) is 16.7 Å². The van der Waals surface area contributed by atoms with Crippen molar-refractivity contribution < 1.29 is 15.0 Å². The van der Waals surface area contributed by atoms with Gasteiger partial charge in [0.1, 0.15) is 5.41 Å². The molecule has 96 valence electrons. The molecule has 0 saturated heterocycles. The second kappa shape index (κ2) is 6.58. The van der Waals surface area contributed by atoms with E-state index in [4.69, 9.17) is 10.2 Å². The van der Waals surface area contributed by atoms with Crippen LogP contribution < -0.4 is 0 Å². The standard InChI is InChI=1S/C12H20N2O3/c13-10-12(4-2-1-3-5-12)11(17)14(6-8-15)7-9-16/h15-16H,1-9H2. The number of rotatable bonds is 5. The number of aliphatic hydroxyl groups is 2. The minimum Gasteiger partial charge on any atom is -0.395 e. The van der Waals surface area contributed by atoms with Crippen molar-refractivity contribution in [1.82, 2.24) is 4.90 Å². The van der Waals surface area contributed by atoms with Gasteiger partial charge in [0.2, 0.25) is 5.91 Å². The van der Waals surface area contributed by atoms with Crippen LogP contribution in [0.4, 0.5) is 0 Å². The van der Waals surface area contributed by atoms with Crippen molar-refractivity contribution >= 4 is 5.91 Å². The van der Waals surface area contributed by atoms with E-state index in [0.717, 1.165) is 19.3 Å². The molecule has 0 atom stereocenters. The quantitative estimate of drug-likeness (QED) is 0.722. The van der Waals surface area contributed by atoms with Crippen LogP contribution in [0.25, 0.3) is 0 Å².